The fourth-order valence-corrected chi connectivity index (χ4v) is 3.46. The van der Waals surface area contributed by atoms with Gasteiger partial charge in [-0.1, -0.05) is 12.1 Å². The lowest BCUT2D eigenvalue weighted by Gasteiger charge is -2.31. The van der Waals surface area contributed by atoms with Crippen LogP contribution in [0.2, 0.25) is 0 Å². The van der Waals surface area contributed by atoms with Gasteiger partial charge in [0.1, 0.15) is 5.60 Å². The molecule has 1 saturated heterocycles. The Labute approximate surface area is 174 Å². The Morgan fingerprint density at radius 3 is 2.48 bits per heavy atom. The zero-order valence-corrected chi connectivity index (χ0v) is 18.1. The van der Waals surface area contributed by atoms with Crippen molar-refractivity contribution in [1.82, 2.24) is 14.9 Å². The molecule has 1 fully saturated rings. The first-order valence-corrected chi connectivity index (χ1v) is 10.4. The van der Waals surface area contributed by atoms with Gasteiger partial charge >= 0.3 is 0 Å². The number of likely N-dealkylation sites (tertiary alicyclic amines) is 1. The molecule has 1 aromatic carbocycles. The number of piperidine rings is 1. The van der Waals surface area contributed by atoms with E-state index in [0.29, 0.717) is 11.8 Å². The standard InChI is InChI=1S/C23H33N3O3/c1-23(2,3)29-22-16-24-15-19(25-22)11-14-26-12-9-18(10-13-26)17-28-21-8-6-5-7-20(21)27-4/h5-8,15-16,18H,9-14,17H2,1-4H3. The summed E-state index contributed by atoms with van der Waals surface area (Å²) in [4.78, 5) is 11.4. The smallest absolute Gasteiger partial charge is 0.233 e. The zero-order chi connectivity index (χ0) is 20.7. The van der Waals surface area contributed by atoms with Gasteiger partial charge in [-0.05, 0) is 64.8 Å². The average Bonchev–Trinajstić information content (AvgIpc) is 2.71. The Morgan fingerprint density at radius 1 is 1.07 bits per heavy atom. The van der Waals surface area contributed by atoms with Gasteiger partial charge in [0.25, 0.3) is 0 Å². The van der Waals surface area contributed by atoms with Crippen LogP contribution in [-0.4, -0.2) is 53.8 Å². The second-order valence-electron chi connectivity index (χ2n) is 8.56. The van der Waals surface area contributed by atoms with Gasteiger partial charge in [0.15, 0.2) is 11.5 Å². The molecule has 0 aliphatic carbocycles. The van der Waals surface area contributed by atoms with E-state index in [1.54, 1.807) is 13.3 Å². The maximum atomic E-state index is 6.01. The number of ether oxygens (including phenoxy) is 3. The van der Waals surface area contributed by atoms with Gasteiger partial charge in [0.2, 0.25) is 5.88 Å². The van der Waals surface area contributed by atoms with E-state index in [2.05, 4.69) is 14.9 Å². The van der Waals surface area contributed by atoms with E-state index in [4.69, 9.17) is 14.2 Å². The van der Waals surface area contributed by atoms with Gasteiger partial charge in [-0.2, -0.15) is 0 Å². The third-order valence-corrected chi connectivity index (χ3v) is 5.01. The molecule has 2 heterocycles. The Kier molecular flexibility index (Phi) is 7.31. The van der Waals surface area contributed by atoms with Crippen molar-refractivity contribution in [2.45, 2.75) is 45.6 Å². The molecular formula is C23H33N3O3. The van der Waals surface area contributed by atoms with Crippen LogP contribution in [0.1, 0.15) is 39.3 Å². The largest absolute Gasteiger partial charge is 0.493 e. The topological polar surface area (TPSA) is 56.7 Å². The van der Waals surface area contributed by atoms with E-state index in [1.165, 1.54) is 0 Å². The second kappa shape index (κ2) is 9.92. The van der Waals surface area contributed by atoms with Crippen molar-refractivity contribution in [1.29, 1.82) is 0 Å². The summed E-state index contributed by atoms with van der Waals surface area (Å²) in [5.41, 5.74) is 0.717. The van der Waals surface area contributed by atoms with Crippen LogP contribution in [-0.2, 0) is 6.42 Å². The quantitative estimate of drug-likeness (QED) is 0.669. The molecule has 0 atom stereocenters. The summed E-state index contributed by atoms with van der Waals surface area (Å²) in [7, 11) is 1.68. The summed E-state index contributed by atoms with van der Waals surface area (Å²) < 4.78 is 17.2. The van der Waals surface area contributed by atoms with Crippen molar-refractivity contribution in [2.75, 3.05) is 33.4 Å². The van der Waals surface area contributed by atoms with E-state index in [1.807, 2.05) is 51.2 Å². The van der Waals surface area contributed by atoms with Crippen LogP contribution in [0.25, 0.3) is 0 Å². The molecule has 0 saturated carbocycles. The lowest BCUT2D eigenvalue weighted by molar-refractivity contribution is 0.122. The summed E-state index contributed by atoms with van der Waals surface area (Å²) in [6, 6.07) is 7.83. The zero-order valence-electron chi connectivity index (χ0n) is 18.1. The van der Waals surface area contributed by atoms with Crippen LogP contribution in [0.5, 0.6) is 17.4 Å². The summed E-state index contributed by atoms with van der Waals surface area (Å²) in [5, 5.41) is 0. The van der Waals surface area contributed by atoms with Crippen LogP contribution in [0.4, 0.5) is 0 Å². The molecule has 1 aliphatic rings. The third-order valence-electron chi connectivity index (χ3n) is 5.01. The lowest BCUT2D eigenvalue weighted by Crippen LogP contribution is -2.36. The molecular weight excluding hydrogens is 366 g/mol. The highest BCUT2D eigenvalue weighted by molar-refractivity contribution is 5.39. The molecule has 0 radical (unpaired) electrons. The lowest BCUT2D eigenvalue weighted by atomic mass is 9.97. The second-order valence-corrected chi connectivity index (χ2v) is 8.56. The fourth-order valence-electron chi connectivity index (χ4n) is 3.46. The molecule has 0 spiro atoms. The molecule has 2 aromatic rings. The van der Waals surface area contributed by atoms with Gasteiger partial charge < -0.3 is 19.1 Å². The van der Waals surface area contributed by atoms with Gasteiger partial charge in [0, 0.05) is 19.2 Å². The van der Waals surface area contributed by atoms with Gasteiger partial charge in [0.05, 0.1) is 25.6 Å². The van der Waals surface area contributed by atoms with Crippen molar-refractivity contribution in [2.24, 2.45) is 5.92 Å². The van der Waals surface area contributed by atoms with Crippen LogP contribution < -0.4 is 14.2 Å². The fraction of sp³-hybridized carbons (Fsp3) is 0.565. The maximum absolute atomic E-state index is 6.01. The van der Waals surface area contributed by atoms with E-state index < -0.39 is 0 Å². The average molecular weight is 400 g/mol. The monoisotopic (exact) mass is 399 g/mol. The number of aromatic nitrogens is 2. The van der Waals surface area contributed by atoms with Crippen molar-refractivity contribution >= 4 is 0 Å². The minimum absolute atomic E-state index is 0.263. The highest BCUT2D eigenvalue weighted by Gasteiger charge is 2.20. The number of para-hydroxylation sites is 2. The Balaban J connectivity index is 1.40. The molecule has 1 aliphatic heterocycles. The number of benzene rings is 1. The Bertz CT molecular complexity index is 768. The highest BCUT2D eigenvalue weighted by Crippen LogP contribution is 2.27. The van der Waals surface area contributed by atoms with E-state index >= 15 is 0 Å². The Morgan fingerprint density at radius 2 is 1.79 bits per heavy atom. The van der Waals surface area contributed by atoms with Gasteiger partial charge in [-0.15, -0.1) is 0 Å². The molecule has 0 N–H and O–H groups in total. The summed E-state index contributed by atoms with van der Waals surface area (Å²) in [6.45, 7) is 9.96. The van der Waals surface area contributed by atoms with Crippen LogP contribution in [0, 0.1) is 5.92 Å². The first kappa shape index (κ1) is 21.4. The molecule has 29 heavy (non-hydrogen) atoms. The van der Waals surface area contributed by atoms with Crippen molar-refractivity contribution < 1.29 is 14.2 Å². The van der Waals surface area contributed by atoms with Gasteiger partial charge in [-0.3, -0.25) is 4.98 Å². The van der Waals surface area contributed by atoms with E-state index in [0.717, 1.165) is 62.7 Å². The number of hydrogen-bond acceptors (Lipinski definition) is 6. The number of methoxy groups -OCH3 is 1. The van der Waals surface area contributed by atoms with Gasteiger partial charge in [-0.25, -0.2) is 4.98 Å². The normalized spacial score (nSPS) is 15.9. The van der Waals surface area contributed by atoms with Crippen molar-refractivity contribution in [3.8, 4) is 17.4 Å². The predicted octanol–water partition coefficient (Wildman–Crippen LogP) is 4.00. The summed E-state index contributed by atoms with van der Waals surface area (Å²) in [6.07, 6.45) is 6.70. The molecule has 0 amide bonds. The molecule has 0 unspecified atom stereocenters. The van der Waals surface area contributed by atoms with Crippen molar-refractivity contribution in [3.63, 3.8) is 0 Å². The minimum atomic E-state index is -0.263. The first-order valence-electron chi connectivity index (χ1n) is 10.4. The SMILES string of the molecule is COc1ccccc1OCC1CCN(CCc2cncc(OC(C)(C)C)n2)CC1. The van der Waals surface area contributed by atoms with Crippen LogP contribution in [0.3, 0.4) is 0 Å². The third kappa shape index (κ3) is 6.89. The first-order chi connectivity index (χ1) is 13.9. The number of rotatable bonds is 8. The molecule has 1 aromatic heterocycles. The predicted molar refractivity (Wildman–Crippen MR) is 114 cm³/mol. The van der Waals surface area contributed by atoms with Crippen LogP contribution >= 0.6 is 0 Å². The highest BCUT2D eigenvalue weighted by atomic mass is 16.5. The number of hydrogen-bond donors (Lipinski definition) is 0. The summed E-state index contributed by atoms with van der Waals surface area (Å²) in [5.74, 6) is 2.80. The van der Waals surface area contributed by atoms with E-state index in [9.17, 15) is 0 Å². The molecule has 3 rings (SSSR count). The molecule has 0 bridgehead atoms. The molecule has 6 heteroatoms. The maximum Gasteiger partial charge on any atom is 0.233 e. The Hall–Kier alpha value is -2.34. The van der Waals surface area contributed by atoms with Crippen LogP contribution in [0.15, 0.2) is 36.7 Å². The summed E-state index contributed by atoms with van der Waals surface area (Å²) >= 11 is 0. The van der Waals surface area contributed by atoms with Crippen molar-refractivity contribution in [3.05, 3.63) is 42.4 Å². The van der Waals surface area contributed by atoms with E-state index in [-0.39, 0.29) is 5.60 Å². The minimum Gasteiger partial charge on any atom is -0.493 e. The molecule has 158 valence electrons. The molecule has 6 nitrogen and oxygen atoms in total. The number of nitrogens with zero attached hydrogens (tertiary/aromatic N) is 3.